The van der Waals surface area contributed by atoms with Crippen LogP contribution in [0, 0.1) is 0 Å². The molecule has 1 atom stereocenters. The number of piperidine rings is 1. The molecular weight excluding hydrogens is 303 g/mol. The van der Waals surface area contributed by atoms with Crippen LogP contribution < -0.4 is 0 Å². The zero-order valence-electron chi connectivity index (χ0n) is 12.2. The Kier molecular flexibility index (Phi) is 5.38. The Morgan fingerprint density at radius 1 is 1.41 bits per heavy atom. The summed E-state index contributed by atoms with van der Waals surface area (Å²) < 4.78 is 47.0. The Balaban J connectivity index is 2.05. The van der Waals surface area contributed by atoms with Gasteiger partial charge in [0.15, 0.2) is 0 Å². The first-order valence-corrected chi connectivity index (χ1v) is 7.17. The molecule has 0 aliphatic carbocycles. The first kappa shape index (κ1) is 16.7. The second-order valence-corrected chi connectivity index (χ2v) is 5.11. The Morgan fingerprint density at radius 3 is 2.86 bits per heavy atom. The fourth-order valence-electron chi connectivity index (χ4n) is 2.48. The normalized spacial score (nSPS) is 20.1. The van der Waals surface area contributed by atoms with E-state index in [-0.39, 0.29) is 31.1 Å². The molecule has 0 amide bonds. The molecule has 1 aromatic rings. The van der Waals surface area contributed by atoms with Gasteiger partial charge in [-0.2, -0.15) is 13.2 Å². The molecule has 124 valence electrons. The van der Waals surface area contributed by atoms with Crippen molar-refractivity contribution in [3.05, 3.63) is 11.8 Å². The molecule has 0 saturated carbocycles. The van der Waals surface area contributed by atoms with Gasteiger partial charge in [-0.05, 0) is 26.3 Å². The number of ether oxygens (including phenoxy) is 1. The number of aromatic nitrogens is 2. The summed E-state index contributed by atoms with van der Waals surface area (Å²) in [6.45, 7) is 2.70. The van der Waals surface area contributed by atoms with E-state index >= 15 is 0 Å². The number of nitrogens with zero attached hydrogens (tertiary/aromatic N) is 3. The van der Waals surface area contributed by atoms with Crippen LogP contribution >= 0.6 is 0 Å². The molecule has 2 rings (SSSR count). The van der Waals surface area contributed by atoms with E-state index in [1.165, 1.54) is 0 Å². The van der Waals surface area contributed by atoms with Gasteiger partial charge < -0.3 is 9.15 Å². The highest BCUT2D eigenvalue weighted by atomic mass is 19.4. The summed E-state index contributed by atoms with van der Waals surface area (Å²) >= 11 is 0. The molecule has 0 aromatic carbocycles. The molecule has 6 nitrogen and oxygen atoms in total. The summed E-state index contributed by atoms with van der Waals surface area (Å²) in [5.74, 6) is -0.697. The molecule has 2 heterocycles. The minimum Gasteiger partial charge on any atom is -0.465 e. The summed E-state index contributed by atoms with van der Waals surface area (Å²) in [6.07, 6.45) is -3.18. The van der Waals surface area contributed by atoms with Gasteiger partial charge in [0.05, 0.1) is 19.2 Å². The summed E-state index contributed by atoms with van der Waals surface area (Å²) in [5, 5.41) is 7.16. The van der Waals surface area contributed by atoms with E-state index in [0.717, 1.165) is 12.8 Å². The van der Waals surface area contributed by atoms with Crippen LogP contribution in [0.25, 0.3) is 0 Å². The summed E-state index contributed by atoms with van der Waals surface area (Å²) in [5.41, 5.74) is 0. The number of carbonyl (C=O) groups is 1. The predicted molar refractivity (Wildman–Crippen MR) is 68.9 cm³/mol. The molecule has 0 bridgehead atoms. The third kappa shape index (κ3) is 4.69. The number of carbonyl (C=O) groups excluding carboxylic acids is 1. The van der Waals surface area contributed by atoms with Gasteiger partial charge in [-0.15, -0.1) is 10.2 Å². The van der Waals surface area contributed by atoms with Crippen molar-refractivity contribution in [1.29, 1.82) is 0 Å². The van der Waals surface area contributed by atoms with Crippen LogP contribution in [0.15, 0.2) is 4.42 Å². The zero-order chi connectivity index (χ0) is 16.2. The number of alkyl halides is 3. The highest BCUT2D eigenvalue weighted by Crippen LogP contribution is 2.30. The summed E-state index contributed by atoms with van der Waals surface area (Å²) in [7, 11) is 0. The number of hydrogen-bond acceptors (Lipinski definition) is 6. The number of rotatable bonds is 5. The van der Waals surface area contributed by atoms with Crippen molar-refractivity contribution >= 4 is 5.97 Å². The monoisotopic (exact) mass is 321 g/mol. The lowest BCUT2D eigenvalue weighted by Crippen LogP contribution is -2.38. The van der Waals surface area contributed by atoms with Crippen LogP contribution in [0.5, 0.6) is 0 Å². The fourth-order valence-corrected chi connectivity index (χ4v) is 2.48. The van der Waals surface area contributed by atoms with Crippen molar-refractivity contribution in [2.45, 2.75) is 44.8 Å². The van der Waals surface area contributed by atoms with Crippen LogP contribution in [0.4, 0.5) is 13.2 Å². The molecule has 1 fully saturated rings. The predicted octanol–water partition coefficient (Wildman–Crippen LogP) is 2.26. The van der Waals surface area contributed by atoms with Crippen LogP contribution in [-0.2, 0) is 16.0 Å². The molecule has 0 spiro atoms. The van der Waals surface area contributed by atoms with Crippen LogP contribution in [0.1, 0.15) is 44.0 Å². The van der Waals surface area contributed by atoms with E-state index in [1.54, 1.807) is 6.92 Å². The van der Waals surface area contributed by atoms with Crippen LogP contribution in [-0.4, -0.2) is 46.9 Å². The van der Waals surface area contributed by atoms with Gasteiger partial charge in [-0.1, -0.05) is 6.42 Å². The van der Waals surface area contributed by atoms with Crippen molar-refractivity contribution in [2.24, 2.45) is 0 Å². The highest BCUT2D eigenvalue weighted by molar-refractivity contribution is 5.71. The maximum absolute atomic E-state index is 12.3. The average molecular weight is 321 g/mol. The quantitative estimate of drug-likeness (QED) is 0.775. The minimum atomic E-state index is -4.39. The fraction of sp³-hybridized carbons (Fsp3) is 0.769. The van der Waals surface area contributed by atoms with E-state index in [4.69, 9.17) is 9.15 Å². The molecule has 0 radical (unpaired) electrons. The first-order valence-electron chi connectivity index (χ1n) is 7.17. The van der Waals surface area contributed by atoms with Gasteiger partial charge in [0.2, 0.25) is 11.8 Å². The SMILES string of the molecule is CCOC(=O)CN1CCCC[C@@H]1c1nnc(CC(F)(F)F)o1. The highest BCUT2D eigenvalue weighted by Gasteiger charge is 2.34. The molecule has 1 aliphatic heterocycles. The lowest BCUT2D eigenvalue weighted by Gasteiger charge is -2.32. The Hall–Kier alpha value is -1.64. The van der Waals surface area contributed by atoms with Crippen molar-refractivity contribution in [2.75, 3.05) is 19.7 Å². The lowest BCUT2D eigenvalue weighted by molar-refractivity contribution is -0.145. The minimum absolute atomic E-state index is 0.0650. The zero-order valence-corrected chi connectivity index (χ0v) is 12.2. The second-order valence-electron chi connectivity index (χ2n) is 5.11. The standard InChI is InChI=1S/C13H18F3N3O3/c1-2-21-11(20)8-19-6-4-3-5-9(19)12-18-17-10(22-12)7-13(14,15)16/h9H,2-8H2,1H3/t9-/m1/s1. The molecule has 22 heavy (non-hydrogen) atoms. The van der Waals surface area contributed by atoms with E-state index in [2.05, 4.69) is 10.2 Å². The molecule has 0 N–H and O–H groups in total. The Bertz CT molecular complexity index is 504. The Labute approximate surface area is 125 Å². The largest absolute Gasteiger partial charge is 0.465 e. The van der Waals surface area contributed by atoms with E-state index in [9.17, 15) is 18.0 Å². The third-order valence-electron chi connectivity index (χ3n) is 3.37. The van der Waals surface area contributed by atoms with Gasteiger partial charge in [0.25, 0.3) is 0 Å². The van der Waals surface area contributed by atoms with Crippen LogP contribution in [0.3, 0.4) is 0 Å². The first-order chi connectivity index (χ1) is 10.4. The van der Waals surface area contributed by atoms with Gasteiger partial charge in [-0.25, -0.2) is 0 Å². The van der Waals surface area contributed by atoms with Crippen LogP contribution in [0.2, 0.25) is 0 Å². The molecule has 1 saturated heterocycles. The number of likely N-dealkylation sites (tertiary alicyclic amines) is 1. The number of halogens is 3. The topological polar surface area (TPSA) is 68.5 Å². The van der Waals surface area contributed by atoms with Crippen molar-refractivity contribution in [3.8, 4) is 0 Å². The third-order valence-corrected chi connectivity index (χ3v) is 3.37. The van der Waals surface area contributed by atoms with Gasteiger partial charge in [-0.3, -0.25) is 9.69 Å². The van der Waals surface area contributed by atoms with Crippen molar-refractivity contribution in [3.63, 3.8) is 0 Å². The average Bonchev–Trinajstić information content (AvgIpc) is 2.85. The molecule has 0 unspecified atom stereocenters. The molecule has 9 heteroatoms. The lowest BCUT2D eigenvalue weighted by atomic mass is 10.0. The molecular formula is C13H18F3N3O3. The number of hydrogen-bond donors (Lipinski definition) is 0. The van der Waals surface area contributed by atoms with Crippen molar-refractivity contribution in [1.82, 2.24) is 15.1 Å². The maximum atomic E-state index is 12.3. The second kappa shape index (κ2) is 7.08. The Morgan fingerprint density at radius 2 is 2.18 bits per heavy atom. The van der Waals surface area contributed by atoms with Gasteiger partial charge >= 0.3 is 12.1 Å². The van der Waals surface area contributed by atoms with E-state index < -0.39 is 18.5 Å². The van der Waals surface area contributed by atoms with E-state index in [0.29, 0.717) is 13.0 Å². The van der Waals surface area contributed by atoms with E-state index in [1.807, 2.05) is 4.90 Å². The summed E-state index contributed by atoms with van der Waals surface area (Å²) in [4.78, 5) is 13.4. The summed E-state index contributed by atoms with van der Waals surface area (Å²) in [6, 6.07) is -0.340. The van der Waals surface area contributed by atoms with Gasteiger partial charge in [0, 0.05) is 0 Å². The molecule has 1 aromatic heterocycles. The van der Waals surface area contributed by atoms with Crippen molar-refractivity contribution < 1.29 is 27.1 Å². The molecule has 1 aliphatic rings. The van der Waals surface area contributed by atoms with Gasteiger partial charge in [0.1, 0.15) is 6.42 Å². The maximum Gasteiger partial charge on any atom is 0.397 e. The number of esters is 1. The smallest absolute Gasteiger partial charge is 0.397 e.